The Balaban J connectivity index is 2.17. The number of aliphatic hydroxyl groups is 1. The van der Waals surface area contributed by atoms with E-state index in [0.717, 1.165) is 18.2 Å². The van der Waals surface area contributed by atoms with Crippen molar-refractivity contribution in [1.82, 2.24) is 4.98 Å². The lowest BCUT2D eigenvalue weighted by atomic mass is 9.75. The van der Waals surface area contributed by atoms with Crippen LogP contribution >= 0.6 is 8.03 Å². The minimum absolute atomic E-state index is 0.0866. The zero-order valence-corrected chi connectivity index (χ0v) is 24.8. The number of terminal acetylenes is 1. The van der Waals surface area contributed by atoms with Crippen molar-refractivity contribution in [2.24, 2.45) is 0 Å². The molecule has 0 radical (unpaired) electrons. The molecule has 0 spiro atoms. The fourth-order valence-electron chi connectivity index (χ4n) is 5.44. The topological polar surface area (TPSA) is 96.7 Å². The third-order valence-corrected chi connectivity index (χ3v) is 9.40. The summed E-state index contributed by atoms with van der Waals surface area (Å²) in [6.45, 7) is 4.94. The summed E-state index contributed by atoms with van der Waals surface area (Å²) >= 11 is 0. The van der Waals surface area contributed by atoms with Crippen LogP contribution in [0.25, 0.3) is 11.1 Å². The minimum Gasteiger partial charge on any atom is -0.480 e. The van der Waals surface area contributed by atoms with Crippen molar-refractivity contribution in [2.75, 3.05) is 7.11 Å². The number of hydrogen-bond acceptors (Lipinski definition) is 5. The largest absolute Gasteiger partial charge is 0.480 e. The second-order valence-corrected chi connectivity index (χ2v) is 12.3. The van der Waals surface area contributed by atoms with Crippen LogP contribution in [0, 0.1) is 18.2 Å². The highest BCUT2D eigenvalue weighted by molar-refractivity contribution is 7.43. The molecule has 8 heteroatoms. The van der Waals surface area contributed by atoms with Crippen LogP contribution in [0.2, 0.25) is 0 Å². The van der Waals surface area contributed by atoms with Gasteiger partial charge in [0.2, 0.25) is 13.2 Å². The third kappa shape index (κ3) is 5.42. The number of carbonyl (C=O) groups is 1. The van der Waals surface area contributed by atoms with E-state index in [9.17, 15) is 24.0 Å². The number of nitrogens with zero attached hydrogens (tertiary/aromatic N) is 1. The molecule has 0 saturated carbocycles. The van der Waals surface area contributed by atoms with Crippen LogP contribution < -0.4 is 0 Å². The van der Waals surface area contributed by atoms with E-state index in [2.05, 4.69) is 5.92 Å². The Kier molecular flexibility index (Phi) is 9.13. The molecule has 1 aromatic heterocycles. The van der Waals surface area contributed by atoms with Gasteiger partial charge in [0.05, 0.1) is 17.3 Å². The summed E-state index contributed by atoms with van der Waals surface area (Å²) in [5.41, 5.74) is 1.44. The average molecular weight is 586 g/mol. The lowest BCUT2D eigenvalue weighted by Gasteiger charge is -2.40. The number of rotatable bonds is 10. The van der Waals surface area contributed by atoms with Gasteiger partial charge in [0.1, 0.15) is 11.4 Å². The van der Waals surface area contributed by atoms with Gasteiger partial charge in [-0.15, -0.1) is 6.42 Å². The van der Waals surface area contributed by atoms with E-state index in [1.165, 1.54) is 31.2 Å². The van der Waals surface area contributed by atoms with Gasteiger partial charge < -0.3 is 14.7 Å². The Hall–Kier alpha value is -4.08. The summed E-state index contributed by atoms with van der Waals surface area (Å²) in [6.07, 6.45) is 5.76. The highest BCUT2D eigenvalue weighted by Gasteiger charge is 2.60. The summed E-state index contributed by atoms with van der Waals surface area (Å²) in [7, 11) is -2.48. The number of hydrogen-bond donors (Lipinski definition) is 2. The van der Waals surface area contributed by atoms with E-state index < -0.39 is 30.6 Å². The Labute approximate surface area is 246 Å². The fourth-order valence-corrected chi connectivity index (χ4v) is 6.56. The molecule has 1 heterocycles. The van der Waals surface area contributed by atoms with Crippen molar-refractivity contribution in [1.29, 1.82) is 0 Å². The minimum atomic E-state index is -3.56. The van der Waals surface area contributed by atoms with Gasteiger partial charge in [0, 0.05) is 12.7 Å². The summed E-state index contributed by atoms with van der Waals surface area (Å²) < 4.78 is 32.3. The van der Waals surface area contributed by atoms with E-state index in [-0.39, 0.29) is 17.4 Å². The number of pyridine rings is 1. The molecule has 2 N–H and O–H groups in total. The summed E-state index contributed by atoms with van der Waals surface area (Å²) in [5.74, 6) is -0.696. The first kappa shape index (κ1) is 30.9. The van der Waals surface area contributed by atoms with Gasteiger partial charge in [-0.3, -0.25) is 9.55 Å². The molecule has 0 aliphatic rings. The maximum atomic E-state index is 14.1. The zero-order valence-electron chi connectivity index (χ0n) is 23.8. The lowest BCUT2D eigenvalue weighted by molar-refractivity contribution is -0.145. The predicted octanol–water partition coefficient (Wildman–Crippen LogP) is 6.98. The van der Waals surface area contributed by atoms with Crippen molar-refractivity contribution in [3.63, 3.8) is 0 Å². The van der Waals surface area contributed by atoms with E-state index in [1.807, 2.05) is 74.5 Å². The fraction of sp³-hybridized carbons (Fsp3) is 0.235. The molecule has 3 unspecified atom stereocenters. The van der Waals surface area contributed by atoms with Gasteiger partial charge in [-0.2, -0.15) is 0 Å². The number of benzene rings is 3. The molecule has 0 aliphatic heterocycles. The number of aromatic nitrogens is 1. The van der Waals surface area contributed by atoms with E-state index in [0.29, 0.717) is 22.5 Å². The molecule has 0 amide bonds. The Morgan fingerprint density at radius 3 is 1.95 bits per heavy atom. The molecule has 6 nitrogen and oxygen atoms in total. The molecule has 216 valence electrons. The normalized spacial score (nSPS) is 15.0. The molecule has 4 rings (SSSR count). The summed E-state index contributed by atoms with van der Waals surface area (Å²) in [4.78, 5) is 17.8. The van der Waals surface area contributed by atoms with E-state index in [1.54, 1.807) is 6.07 Å². The number of carboxylic acids is 1. The van der Waals surface area contributed by atoms with Crippen LogP contribution in [-0.4, -0.2) is 33.4 Å². The molecule has 3 aromatic carbocycles. The van der Waals surface area contributed by atoms with Gasteiger partial charge >= 0.3 is 5.97 Å². The Bertz CT molecular complexity index is 1590. The highest BCUT2D eigenvalue weighted by Crippen LogP contribution is 2.54. The van der Waals surface area contributed by atoms with Gasteiger partial charge in [-0.1, -0.05) is 92.6 Å². The third-order valence-electron chi connectivity index (χ3n) is 7.58. The van der Waals surface area contributed by atoms with Crippen molar-refractivity contribution < 1.29 is 28.5 Å². The molecule has 0 fully saturated rings. The van der Waals surface area contributed by atoms with Crippen LogP contribution in [0.5, 0.6) is 0 Å². The van der Waals surface area contributed by atoms with E-state index >= 15 is 0 Å². The zero-order chi connectivity index (χ0) is 30.7. The van der Waals surface area contributed by atoms with Crippen molar-refractivity contribution in [2.45, 2.75) is 43.4 Å². The number of halogens is 1. The van der Waals surface area contributed by atoms with Crippen LogP contribution in [-0.2, 0) is 19.5 Å². The maximum Gasteiger partial charge on any atom is 0.335 e. The average Bonchev–Trinajstić information content (AvgIpc) is 2.98. The first-order valence-electron chi connectivity index (χ1n) is 13.4. The number of carboxylic acid groups (broad SMARTS) is 1. The maximum absolute atomic E-state index is 14.1. The van der Waals surface area contributed by atoms with Crippen molar-refractivity contribution in [3.8, 4) is 23.5 Å². The van der Waals surface area contributed by atoms with Crippen molar-refractivity contribution >= 4 is 14.0 Å². The smallest absolute Gasteiger partial charge is 0.335 e. The van der Waals surface area contributed by atoms with Crippen LogP contribution in [0.4, 0.5) is 4.39 Å². The van der Waals surface area contributed by atoms with Gasteiger partial charge in [-0.25, -0.2) is 9.18 Å². The molecule has 42 heavy (non-hydrogen) atoms. The summed E-state index contributed by atoms with van der Waals surface area (Å²) in [5, 5.41) is 20.0. The summed E-state index contributed by atoms with van der Waals surface area (Å²) in [6, 6.07) is 27.0. The predicted molar refractivity (Wildman–Crippen MR) is 162 cm³/mol. The monoisotopic (exact) mass is 585 g/mol. The molecular weight excluding hydrogens is 552 g/mol. The Morgan fingerprint density at radius 1 is 1.00 bits per heavy atom. The molecular formula is C34H33FNO5P. The second-order valence-electron chi connectivity index (χ2n) is 10.5. The molecule has 0 bridgehead atoms. The van der Waals surface area contributed by atoms with Crippen LogP contribution in [0.15, 0.2) is 91.0 Å². The SMILES string of the molecule is C#CC(C(=O)O)([PH](=O)OC)C(C)(O)c1c(-c2ccc(F)cc2)cc(C(c2ccccc2)c2ccccc2)nc1C(C)C. The highest BCUT2D eigenvalue weighted by atomic mass is 31.1. The standard InChI is InChI=1S/C34H33FNO5P/c1-6-34(32(37)38,42(40)41-5)33(4,39)30-27(23-17-19-26(35)20-18-23)21-28(36-31(30)22(2)3)29(24-13-9-7-10-14-24)25-15-11-8-12-16-25/h1,7-22,29,39,42H,2-5H3,(H,37,38). The van der Waals surface area contributed by atoms with Crippen molar-refractivity contribution in [3.05, 3.63) is 125 Å². The van der Waals surface area contributed by atoms with Gasteiger partial charge in [0.25, 0.3) is 0 Å². The number of aliphatic carboxylic acids is 1. The lowest BCUT2D eigenvalue weighted by Crippen LogP contribution is -2.53. The van der Waals surface area contributed by atoms with Gasteiger partial charge in [-0.05, 0) is 53.3 Å². The van der Waals surface area contributed by atoms with Gasteiger partial charge in [0.15, 0.2) is 0 Å². The van der Waals surface area contributed by atoms with Crippen LogP contribution in [0.1, 0.15) is 60.7 Å². The molecule has 0 aliphatic carbocycles. The van der Waals surface area contributed by atoms with E-state index in [4.69, 9.17) is 15.9 Å². The molecule has 3 atom stereocenters. The molecule has 4 aromatic rings. The first-order chi connectivity index (χ1) is 20.0. The second kappa shape index (κ2) is 12.4. The first-order valence-corrected chi connectivity index (χ1v) is 14.7. The van der Waals surface area contributed by atoms with Crippen LogP contribution in [0.3, 0.4) is 0 Å². The molecule has 0 saturated heterocycles. The Morgan fingerprint density at radius 2 is 1.52 bits per heavy atom. The quantitative estimate of drug-likeness (QED) is 0.154.